The number of carbonyl (C=O) groups is 1. The fourth-order valence-corrected chi connectivity index (χ4v) is 2.72. The number of rotatable bonds is 6. The van der Waals surface area contributed by atoms with Crippen LogP contribution in [0.2, 0.25) is 0 Å². The molecule has 3 aromatic rings. The Morgan fingerprint density at radius 2 is 1.92 bits per heavy atom. The molecule has 1 aliphatic rings. The average molecular weight is 336 g/mol. The van der Waals surface area contributed by atoms with Crippen LogP contribution in [0, 0.1) is 0 Å². The third kappa shape index (κ3) is 3.88. The van der Waals surface area contributed by atoms with E-state index in [4.69, 9.17) is 0 Å². The van der Waals surface area contributed by atoms with E-state index in [-0.39, 0.29) is 6.03 Å². The molecule has 2 amide bonds. The third-order valence-electron chi connectivity index (χ3n) is 4.19. The van der Waals surface area contributed by atoms with Gasteiger partial charge < -0.3 is 15.6 Å². The van der Waals surface area contributed by atoms with Crippen molar-refractivity contribution in [2.45, 2.75) is 25.3 Å². The summed E-state index contributed by atoms with van der Waals surface area (Å²) in [7, 11) is 0. The minimum atomic E-state index is -0.225. The zero-order valence-electron chi connectivity index (χ0n) is 13.7. The monoisotopic (exact) mass is 336 g/mol. The summed E-state index contributed by atoms with van der Waals surface area (Å²) < 4.78 is 0. The molecule has 0 aliphatic heterocycles. The normalized spacial score (nSPS) is 13.6. The van der Waals surface area contributed by atoms with Gasteiger partial charge >= 0.3 is 6.03 Å². The van der Waals surface area contributed by atoms with Crippen molar-refractivity contribution < 1.29 is 4.79 Å². The van der Waals surface area contributed by atoms with E-state index in [9.17, 15) is 4.79 Å². The summed E-state index contributed by atoms with van der Waals surface area (Å²) in [6.07, 6.45) is 5.04. The van der Waals surface area contributed by atoms with Crippen LogP contribution in [-0.2, 0) is 6.42 Å². The number of carbonyl (C=O) groups excluding carboxylic acids is 1. The standard InChI is InChI=1S/C18H20N6O/c25-18(21-13-5-6-13)22-17-8-7-16(23-24-17)19-10-9-12-11-20-15-4-2-1-3-14(12)15/h1-4,7-8,11,13,20H,5-6,9-10H2,(H,19,23)(H2,21,22,24,25). The Labute approximate surface area is 145 Å². The zero-order valence-corrected chi connectivity index (χ0v) is 13.7. The van der Waals surface area contributed by atoms with Gasteiger partial charge in [-0.1, -0.05) is 18.2 Å². The van der Waals surface area contributed by atoms with Crippen molar-refractivity contribution in [3.63, 3.8) is 0 Å². The van der Waals surface area contributed by atoms with E-state index in [1.165, 1.54) is 10.9 Å². The predicted octanol–water partition coefficient (Wildman–Crippen LogP) is 2.90. The summed E-state index contributed by atoms with van der Waals surface area (Å²) in [5.74, 6) is 1.13. The molecule has 4 N–H and O–H groups in total. The highest BCUT2D eigenvalue weighted by atomic mass is 16.2. The number of aromatic nitrogens is 3. The number of benzene rings is 1. The molecule has 0 saturated heterocycles. The highest BCUT2D eigenvalue weighted by Gasteiger charge is 2.23. The van der Waals surface area contributed by atoms with Gasteiger partial charge in [-0.05, 0) is 43.0 Å². The second-order valence-electron chi connectivity index (χ2n) is 6.21. The Balaban J connectivity index is 1.28. The molecular formula is C18H20N6O. The van der Waals surface area contributed by atoms with E-state index in [2.05, 4.69) is 43.3 Å². The second kappa shape index (κ2) is 6.80. The number of nitrogens with one attached hydrogen (secondary N) is 4. The van der Waals surface area contributed by atoms with Gasteiger partial charge in [0.1, 0.15) is 5.82 Å². The molecule has 2 heterocycles. The van der Waals surface area contributed by atoms with Gasteiger partial charge in [0.15, 0.2) is 5.82 Å². The summed E-state index contributed by atoms with van der Waals surface area (Å²) in [5, 5.41) is 18.1. The molecule has 4 rings (SSSR count). The number of amides is 2. The maximum Gasteiger partial charge on any atom is 0.320 e. The lowest BCUT2D eigenvalue weighted by Gasteiger charge is -2.07. The van der Waals surface area contributed by atoms with E-state index in [0.29, 0.717) is 17.7 Å². The van der Waals surface area contributed by atoms with Gasteiger partial charge in [0.05, 0.1) is 0 Å². The highest BCUT2D eigenvalue weighted by molar-refractivity contribution is 5.88. The molecule has 128 valence electrons. The number of urea groups is 1. The number of aromatic amines is 1. The van der Waals surface area contributed by atoms with Crippen molar-refractivity contribution in [3.05, 3.63) is 48.2 Å². The fourth-order valence-electron chi connectivity index (χ4n) is 2.72. The molecule has 7 heteroatoms. The SMILES string of the molecule is O=C(Nc1ccc(NCCc2c[nH]c3ccccc23)nn1)NC1CC1. The Morgan fingerprint density at radius 1 is 1.12 bits per heavy atom. The maximum absolute atomic E-state index is 11.6. The quantitative estimate of drug-likeness (QED) is 0.557. The van der Waals surface area contributed by atoms with Crippen molar-refractivity contribution in [1.29, 1.82) is 0 Å². The summed E-state index contributed by atoms with van der Waals surface area (Å²) in [4.78, 5) is 14.9. The minimum Gasteiger partial charge on any atom is -0.368 e. The fraction of sp³-hybridized carbons (Fsp3) is 0.278. The van der Waals surface area contributed by atoms with Crippen LogP contribution < -0.4 is 16.0 Å². The third-order valence-corrected chi connectivity index (χ3v) is 4.19. The van der Waals surface area contributed by atoms with E-state index in [1.807, 2.05) is 24.4 Å². The van der Waals surface area contributed by atoms with E-state index in [1.54, 1.807) is 6.07 Å². The van der Waals surface area contributed by atoms with Gasteiger partial charge in [-0.3, -0.25) is 5.32 Å². The van der Waals surface area contributed by atoms with Crippen molar-refractivity contribution in [2.24, 2.45) is 0 Å². The van der Waals surface area contributed by atoms with Gasteiger partial charge in [-0.2, -0.15) is 0 Å². The Kier molecular flexibility index (Phi) is 4.20. The Hall–Kier alpha value is -3.09. The number of para-hydroxylation sites is 1. The first kappa shape index (κ1) is 15.4. The second-order valence-corrected chi connectivity index (χ2v) is 6.21. The van der Waals surface area contributed by atoms with Crippen LogP contribution in [-0.4, -0.2) is 33.8 Å². The largest absolute Gasteiger partial charge is 0.368 e. The Morgan fingerprint density at radius 3 is 2.72 bits per heavy atom. The van der Waals surface area contributed by atoms with Crippen LogP contribution in [0.25, 0.3) is 10.9 Å². The number of fused-ring (bicyclic) bond motifs is 1. The van der Waals surface area contributed by atoms with Gasteiger partial charge in [-0.25, -0.2) is 4.79 Å². The predicted molar refractivity (Wildman–Crippen MR) is 97.7 cm³/mol. The lowest BCUT2D eigenvalue weighted by molar-refractivity contribution is 0.251. The van der Waals surface area contributed by atoms with Gasteiger partial charge in [-0.15, -0.1) is 10.2 Å². The summed E-state index contributed by atoms with van der Waals surface area (Å²) >= 11 is 0. The number of anilines is 2. The molecule has 0 unspecified atom stereocenters. The molecule has 25 heavy (non-hydrogen) atoms. The number of H-pyrrole nitrogens is 1. The average Bonchev–Trinajstić information content (AvgIpc) is 3.34. The number of hydrogen-bond donors (Lipinski definition) is 4. The smallest absolute Gasteiger partial charge is 0.320 e. The summed E-state index contributed by atoms with van der Waals surface area (Å²) in [6.45, 7) is 0.755. The van der Waals surface area contributed by atoms with Gasteiger partial charge in [0.2, 0.25) is 0 Å². The van der Waals surface area contributed by atoms with Crippen LogP contribution in [0.4, 0.5) is 16.4 Å². The van der Waals surface area contributed by atoms with Crippen LogP contribution in [0.1, 0.15) is 18.4 Å². The van der Waals surface area contributed by atoms with Crippen molar-refractivity contribution in [3.8, 4) is 0 Å². The molecule has 0 atom stereocenters. The maximum atomic E-state index is 11.6. The molecule has 2 aromatic heterocycles. The first-order valence-corrected chi connectivity index (χ1v) is 8.48. The van der Waals surface area contributed by atoms with E-state index < -0.39 is 0 Å². The number of hydrogen-bond acceptors (Lipinski definition) is 4. The van der Waals surface area contributed by atoms with E-state index >= 15 is 0 Å². The minimum absolute atomic E-state index is 0.225. The molecule has 1 aromatic carbocycles. The van der Waals surface area contributed by atoms with E-state index in [0.717, 1.165) is 31.3 Å². The molecule has 1 fully saturated rings. The van der Waals surface area contributed by atoms with Crippen molar-refractivity contribution in [2.75, 3.05) is 17.2 Å². The van der Waals surface area contributed by atoms with Gasteiger partial charge in [0, 0.05) is 29.7 Å². The van der Waals surface area contributed by atoms with Crippen molar-refractivity contribution >= 4 is 28.6 Å². The molecule has 0 bridgehead atoms. The topological polar surface area (TPSA) is 94.7 Å². The van der Waals surface area contributed by atoms with Crippen LogP contribution in [0.5, 0.6) is 0 Å². The van der Waals surface area contributed by atoms with Crippen LogP contribution in [0.15, 0.2) is 42.6 Å². The van der Waals surface area contributed by atoms with Gasteiger partial charge in [0.25, 0.3) is 0 Å². The van der Waals surface area contributed by atoms with Crippen molar-refractivity contribution in [1.82, 2.24) is 20.5 Å². The van der Waals surface area contributed by atoms with Crippen LogP contribution >= 0.6 is 0 Å². The summed E-state index contributed by atoms with van der Waals surface area (Å²) in [5.41, 5.74) is 2.42. The molecule has 0 radical (unpaired) electrons. The molecular weight excluding hydrogens is 316 g/mol. The van der Waals surface area contributed by atoms with Crippen LogP contribution in [0.3, 0.4) is 0 Å². The molecule has 1 saturated carbocycles. The molecule has 0 spiro atoms. The lowest BCUT2D eigenvalue weighted by atomic mass is 10.1. The lowest BCUT2D eigenvalue weighted by Crippen LogP contribution is -2.30. The first-order valence-electron chi connectivity index (χ1n) is 8.48. The zero-order chi connectivity index (χ0) is 17.1. The number of nitrogens with zero attached hydrogens (tertiary/aromatic N) is 2. The molecule has 7 nitrogen and oxygen atoms in total. The highest BCUT2D eigenvalue weighted by Crippen LogP contribution is 2.19. The molecule has 1 aliphatic carbocycles. The Bertz CT molecular complexity index is 869. The summed E-state index contributed by atoms with van der Waals surface area (Å²) in [6, 6.07) is 11.9. The first-order chi connectivity index (χ1) is 12.3.